The third kappa shape index (κ3) is 8.57. The van der Waals surface area contributed by atoms with E-state index in [1.54, 1.807) is 38.1 Å². The van der Waals surface area contributed by atoms with E-state index in [0.717, 1.165) is 41.6 Å². The van der Waals surface area contributed by atoms with Gasteiger partial charge in [-0.2, -0.15) is 0 Å². The smallest absolute Gasteiger partial charge is 0.407 e. The SMILES string of the molecule is Cc1oc(-c2ccc(C(=O)NC3CCC3)cc2)nc1CCOc1ccc(CCC(=O)O)c(CNC(=O)OC(C)C)c1. The molecule has 2 aromatic carbocycles. The molecule has 2 amide bonds. The van der Waals surface area contributed by atoms with Crippen LogP contribution in [0.2, 0.25) is 0 Å². The fourth-order valence-corrected chi connectivity index (χ4v) is 4.40. The van der Waals surface area contributed by atoms with Crippen molar-refractivity contribution in [3.63, 3.8) is 0 Å². The number of nitrogens with one attached hydrogen (secondary N) is 2. The van der Waals surface area contributed by atoms with Crippen LogP contribution in [0.25, 0.3) is 11.5 Å². The van der Waals surface area contributed by atoms with E-state index in [1.807, 2.05) is 25.1 Å². The van der Waals surface area contributed by atoms with E-state index < -0.39 is 12.1 Å². The average Bonchev–Trinajstić information content (AvgIpc) is 3.28. The number of oxazole rings is 1. The lowest BCUT2D eigenvalue weighted by atomic mass is 9.93. The molecule has 1 aliphatic carbocycles. The predicted octanol–water partition coefficient (Wildman–Crippen LogP) is 5.21. The average molecular weight is 564 g/mol. The first kappa shape index (κ1) is 29.6. The van der Waals surface area contributed by atoms with Gasteiger partial charge in [-0.05, 0) is 94.0 Å². The van der Waals surface area contributed by atoms with E-state index in [2.05, 4.69) is 15.6 Å². The van der Waals surface area contributed by atoms with Crippen LogP contribution in [0, 0.1) is 6.92 Å². The van der Waals surface area contributed by atoms with Crippen molar-refractivity contribution in [2.24, 2.45) is 0 Å². The normalized spacial score (nSPS) is 13.0. The summed E-state index contributed by atoms with van der Waals surface area (Å²) in [5.74, 6) is 0.805. The second-order valence-electron chi connectivity index (χ2n) is 10.4. The van der Waals surface area contributed by atoms with Crippen molar-refractivity contribution < 1.29 is 33.4 Å². The van der Waals surface area contributed by atoms with Crippen LogP contribution in [0.4, 0.5) is 4.79 Å². The summed E-state index contributed by atoms with van der Waals surface area (Å²) in [6, 6.07) is 12.9. The first-order valence-electron chi connectivity index (χ1n) is 14.0. The van der Waals surface area contributed by atoms with E-state index in [1.165, 1.54) is 0 Å². The number of alkyl carbamates (subject to hydrolysis) is 1. The zero-order valence-corrected chi connectivity index (χ0v) is 23.7. The third-order valence-electron chi connectivity index (χ3n) is 6.89. The Bertz CT molecular complexity index is 1360. The van der Waals surface area contributed by atoms with Gasteiger partial charge in [-0.1, -0.05) is 6.07 Å². The molecule has 0 aliphatic heterocycles. The number of nitrogens with zero attached hydrogens (tertiary/aromatic N) is 1. The van der Waals surface area contributed by atoms with Gasteiger partial charge in [0.05, 0.1) is 18.4 Å². The number of benzene rings is 2. The first-order chi connectivity index (χ1) is 19.7. The highest BCUT2D eigenvalue weighted by molar-refractivity contribution is 5.94. The summed E-state index contributed by atoms with van der Waals surface area (Å²) in [4.78, 5) is 40.1. The number of aromatic nitrogens is 1. The zero-order chi connectivity index (χ0) is 29.4. The molecule has 1 saturated carbocycles. The predicted molar refractivity (Wildman–Crippen MR) is 152 cm³/mol. The lowest BCUT2D eigenvalue weighted by molar-refractivity contribution is -0.136. The van der Waals surface area contributed by atoms with E-state index in [9.17, 15) is 14.4 Å². The Kier molecular flexibility index (Phi) is 10.00. The van der Waals surface area contributed by atoms with E-state index in [0.29, 0.717) is 42.4 Å². The number of aliphatic carboxylic acids is 1. The molecule has 10 nitrogen and oxygen atoms in total. The molecular formula is C31H37N3O7. The van der Waals surface area contributed by atoms with Gasteiger partial charge < -0.3 is 29.6 Å². The van der Waals surface area contributed by atoms with E-state index in [-0.39, 0.29) is 31.0 Å². The zero-order valence-electron chi connectivity index (χ0n) is 23.7. The lowest BCUT2D eigenvalue weighted by Gasteiger charge is -2.26. The lowest BCUT2D eigenvalue weighted by Crippen LogP contribution is -2.39. The quantitative estimate of drug-likeness (QED) is 0.258. The Hall–Kier alpha value is -4.34. The van der Waals surface area contributed by atoms with Gasteiger partial charge >= 0.3 is 12.1 Å². The van der Waals surface area contributed by atoms with Crippen LogP contribution >= 0.6 is 0 Å². The summed E-state index contributed by atoms with van der Waals surface area (Å²) in [5, 5.41) is 14.8. The standard InChI is InChI=1S/C31H37N3O7/c1-19(2)40-31(38)32-18-24-17-26(13-11-21(24)12-14-28(35)36)39-16-15-27-20(3)41-30(34-27)23-9-7-22(8-10-23)29(37)33-25-5-4-6-25/h7-11,13,17,19,25H,4-6,12,14-16,18H2,1-3H3,(H,32,38)(H,33,37)(H,35,36). The fourth-order valence-electron chi connectivity index (χ4n) is 4.40. The number of hydrogen-bond acceptors (Lipinski definition) is 7. The number of hydrogen-bond donors (Lipinski definition) is 3. The Morgan fingerprint density at radius 2 is 1.83 bits per heavy atom. The Balaban J connectivity index is 1.35. The van der Waals surface area contributed by atoms with Crippen LogP contribution in [0.1, 0.15) is 72.5 Å². The number of carboxylic acid groups (broad SMARTS) is 1. The maximum Gasteiger partial charge on any atom is 0.407 e. The largest absolute Gasteiger partial charge is 0.493 e. The molecule has 3 N–H and O–H groups in total. The van der Waals surface area contributed by atoms with Crippen molar-refractivity contribution in [3.05, 3.63) is 70.6 Å². The minimum atomic E-state index is -0.892. The van der Waals surface area contributed by atoms with Crippen molar-refractivity contribution in [1.82, 2.24) is 15.6 Å². The summed E-state index contributed by atoms with van der Waals surface area (Å²) in [6.45, 7) is 5.90. The van der Waals surface area contributed by atoms with Crippen molar-refractivity contribution >= 4 is 18.0 Å². The molecule has 1 heterocycles. The van der Waals surface area contributed by atoms with Gasteiger partial charge in [-0.25, -0.2) is 9.78 Å². The third-order valence-corrected chi connectivity index (χ3v) is 6.89. The van der Waals surface area contributed by atoms with Crippen LogP contribution in [-0.2, 0) is 28.9 Å². The van der Waals surface area contributed by atoms with Crippen LogP contribution in [0.3, 0.4) is 0 Å². The minimum Gasteiger partial charge on any atom is -0.493 e. The highest BCUT2D eigenvalue weighted by Crippen LogP contribution is 2.24. The van der Waals surface area contributed by atoms with Crippen molar-refractivity contribution in [2.75, 3.05) is 6.61 Å². The minimum absolute atomic E-state index is 0.0200. The molecule has 1 aliphatic rings. The van der Waals surface area contributed by atoms with Gasteiger partial charge in [0.1, 0.15) is 11.5 Å². The molecule has 4 rings (SSSR count). The van der Waals surface area contributed by atoms with Crippen LogP contribution < -0.4 is 15.4 Å². The molecule has 0 unspecified atom stereocenters. The van der Waals surface area contributed by atoms with Crippen molar-refractivity contribution in [3.8, 4) is 17.2 Å². The summed E-state index contributed by atoms with van der Waals surface area (Å²) in [5.41, 5.74) is 3.73. The Labute approximate surface area is 239 Å². The summed E-state index contributed by atoms with van der Waals surface area (Å²) in [6.07, 6.45) is 3.27. The maximum atomic E-state index is 12.4. The van der Waals surface area contributed by atoms with Crippen LogP contribution in [-0.4, -0.2) is 46.8 Å². The molecule has 41 heavy (non-hydrogen) atoms. The van der Waals surface area contributed by atoms with Gasteiger partial charge in [0.25, 0.3) is 5.91 Å². The number of aryl methyl sites for hydroxylation is 2. The Morgan fingerprint density at radius 1 is 1.07 bits per heavy atom. The Morgan fingerprint density at radius 3 is 2.49 bits per heavy atom. The summed E-state index contributed by atoms with van der Waals surface area (Å²) < 4.78 is 17.0. The second kappa shape index (κ2) is 13.8. The molecule has 1 fully saturated rings. The molecule has 3 aromatic rings. The van der Waals surface area contributed by atoms with Crippen LogP contribution in [0.5, 0.6) is 5.75 Å². The summed E-state index contributed by atoms with van der Waals surface area (Å²) in [7, 11) is 0. The van der Waals surface area contributed by atoms with E-state index in [4.69, 9.17) is 19.0 Å². The van der Waals surface area contributed by atoms with Crippen LogP contribution in [0.15, 0.2) is 46.9 Å². The molecule has 1 aromatic heterocycles. The number of ether oxygens (including phenoxy) is 2. The highest BCUT2D eigenvalue weighted by atomic mass is 16.6. The highest BCUT2D eigenvalue weighted by Gasteiger charge is 2.20. The van der Waals surface area contributed by atoms with E-state index >= 15 is 0 Å². The van der Waals surface area contributed by atoms with Gasteiger partial charge in [0.2, 0.25) is 5.89 Å². The van der Waals surface area contributed by atoms with Crippen molar-refractivity contribution in [1.29, 1.82) is 0 Å². The number of rotatable bonds is 13. The monoisotopic (exact) mass is 563 g/mol. The molecule has 218 valence electrons. The number of carbonyl (C=O) groups is 3. The van der Waals surface area contributed by atoms with Gasteiger partial charge in [0.15, 0.2) is 0 Å². The molecule has 0 saturated heterocycles. The molecule has 0 atom stereocenters. The first-order valence-corrected chi connectivity index (χ1v) is 14.0. The summed E-state index contributed by atoms with van der Waals surface area (Å²) >= 11 is 0. The van der Waals surface area contributed by atoms with Crippen molar-refractivity contribution in [2.45, 2.75) is 78.0 Å². The number of carbonyl (C=O) groups excluding carboxylic acids is 2. The number of amides is 2. The molecule has 0 spiro atoms. The molecule has 0 bridgehead atoms. The molecule has 0 radical (unpaired) electrons. The molecular weight excluding hydrogens is 526 g/mol. The topological polar surface area (TPSA) is 140 Å². The number of carboxylic acids is 1. The van der Waals surface area contributed by atoms with Gasteiger partial charge in [0, 0.05) is 36.6 Å². The molecule has 10 heteroatoms. The maximum absolute atomic E-state index is 12.4. The van der Waals surface area contributed by atoms with Gasteiger partial charge in [-0.3, -0.25) is 9.59 Å². The second-order valence-corrected chi connectivity index (χ2v) is 10.4. The fraction of sp³-hybridized carbons (Fsp3) is 0.419. The van der Waals surface area contributed by atoms with Gasteiger partial charge in [-0.15, -0.1) is 0 Å².